The lowest BCUT2D eigenvalue weighted by molar-refractivity contribution is 0.102. The molecule has 0 saturated heterocycles. The molecule has 2 N–H and O–H groups in total. The topological polar surface area (TPSA) is 72.5 Å². The number of amides is 1. The second-order valence-corrected chi connectivity index (χ2v) is 6.42. The van der Waals surface area contributed by atoms with Crippen molar-refractivity contribution in [3.8, 4) is 11.5 Å². The van der Waals surface area contributed by atoms with Crippen LogP contribution in [0.2, 0.25) is 5.02 Å². The Balaban J connectivity index is 1.76. The number of benzene rings is 2. The number of aryl methyl sites for hydroxylation is 1. The zero-order chi connectivity index (χ0) is 20.1. The molecule has 0 aliphatic carbocycles. The summed E-state index contributed by atoms with van der Waals surface area (Å²) in [6.45, 7) is 2.02. The highest BCUT2D eigenvalue weighted by atomic mass is 35.5. The van der Waals surface area contributed by atoms with Gasteiger partial charge in [0, 0.05) is 17.8 Å². The predicted octanol–water partition coefficient (Wildman–Crippen LogP) is 5.06. The first-order valence-corrected chi connectivity index (χ1v) is 8.91. The minimum Gasteiger partial charge on any atom is -0.495 e. The third-order valence-electron chi connectivity index (χ3n) is 4.14. The monoisotopic (exact) mass is 397 g/mol. The van der Waals surface area contributed by atoms with Gasteiger partial charge in [-0.25, -0.2) is 4.98 Å². The Kier molecular flexibility index (Phi) is 6.01. The first-order valence-electron chi connectivity index (χ1n) is 8.53. The lowest BCUT2D eigenvalue weighted by atomic mass is 10.2. The molecule has 144 valence electrons. The number of anilines is 3. The van der Waals surface area contributed by atoms with Crippen molar-refractivity contribution in [1.82, 2.24) is 4.98 Å². The van der Waals surface area contributed by atoms with Crippen molar-refractivity contribution < 1.29 is 14.3 Å². The zero-order valence-corrected chi connectivity index (χ0v) is 16.5. The summed E-state index contributed by atoms with van der Waals surface area (Å²) >= 11 is 6.09. The maximum absolute atomic E-state index is 12.6. The van der Waals surface area contributed by atoms with Crippen molar-refractivity contribution in [3.05, 3.63) is 71.0 Å². The number of nitrogens with one attached hydrogen (secondary N) is 2. The summed E-state index contributed by atoms with van der Waals surface area (Å²) in [6.07, 6.45) is 1.61. The summed E-state index contributed by atoms with van der Waals surface area (Å²) in [4.78, 5) is 16.8. The van der Waals surface area contributed by atoms with Gasteiger partial charge in [-0.3, -0.25) is 4.79 Å². The summed E-state index contributed by atoms with van der Waals surface area (Å²) < 4.78 is 10.5. The Morgan fingerprint density at radius 3 is 2.39 bits per heavy atom. The van der Waals surface area contributed by atoms with Gasteiger partial charge in [-0.2, -0.15) is 0 Å². The first-order chi connectivity index (χ1) is 13.5. The quantitative estimate of drug-likeness (QED) is 0.608. The number of hydrogen-bond acceptors (Lipinski definition) is 5. The van der Waals surface area contributed by atoms with Crippen LogP contribution in [0.15, 0.2) is 54.7 Å². The number of aromatic nitrogens is 1. The summed E-state index contributed by atoms with van der Waals surface area (Å²) in [5, 5.41) is 6.45. The maximum atomic E-state index is 12.6. The molecule has 3 rings (SSSR count). The number of carbonyl (C=O) groups excluding carboxylic acids is 1. The van der Waals surface area contributed by atoms with Crippen molar-refractivity contribution in [1.29, 1.82) is 0 Å². The van der Waals surface area contributed by atoms with Crippen LogP contribution in [0.3, 0.4) is 0 Å². The van der Waals surface area contributed by atoms with Crippen LogP contribution in [0.5, 0.6) is 11.5 Å². The van der Waals surface area contributed by atoms with Crippen LogP contribution in [-0.4, -0.2) is 25.1 Å². The molecule has 0 atom stereocenters. The number of nitrogens with zero attached hydrogens (tertiary/aromatic N) is 1. The van der Waals surface area contributed by atoms with Crippen LogP contribution in [0.1, 0.15) is 16.1 Å². The van der Waals surface area contributed by atoms with Crippen LogP contribution in [0.25, 0.3) is 0 Å². The summed E-state index contributed by atoms with van der Waals surface area (Å²) in [6, 6.07) is 14.6. The third kappa shape index (κ3) is 4.35. The number of carbonyl (C=O) groups is 1. The molecule has 0 radical (unpaired) electrons. The van der Waals surface area contributed by atoms with E-state index in [0.717, 1.165) is 16.9 Å². The number of methoxy groups -OCH3 is 2. The Morgan fingerprint density at radius 1 is 1.00 bits per heavy atom. The molecular formula is C21H20ClN3O3. The van der Waals surface area contributed by atoms with Crippen molar-refractivity contribution in [3.63, 3.8) is 0 Å². The lowest BCUT2D eigenvalue weighted by Crippen LogP contribution is -2.14. The highest BCUT2D eigenvalue weighted by Gasteiger charge is 2.14. The fraction of sp³-hybridized carbons (Fsp3) is 0.143. The van der Waals surface area contributed by atoms with Gasteiger partial charge in [0.15, 0.2) is 0 Å². The molecule has 1 amide bonds. The normalized spacial score (nSPS) is 10.3. The molecule has 1 heterocycles. The van der Waals surface area contributed by atoms with E-state index in [-0.39, 0.29) is 11.6 Å². The molecule has 7 heteroatoms. The number of para-hydroxylation sites is 1. The maximum Gasteiger partial charge on any atom is 0.274 e. The molecule has 0 aliphatic heterocycles. The van der Waals surface area contributed by atoms with Crippen LogP contribution in [0, 0.1) is 6.92 Å². The molecule has 0 aliphatic rings. The van der Waals surface area contributed by atoms with E-state index in [2.05, 4.69) is 15.6 Å². The van der Waals surface area contributed by atoms with Gasteiger partial charge in [0.2, 0.25) is 0 Å². The predicted molar refractivity (Wildman–Crippen MR) is 111 cm³/mol. The molecule has 0 bridgehead atoms. The van der Waals surface area contributed by atoms with Crippen LogP contribution < -0.4 is 20.1 Å². The van der Waals surface area contributed by atoms with Crippen LogP contribution in [0.4, 0.5) is 17.1 Å². The van der Waals surface area contributed by atoms with Gasteiger partial charge in [0.1, 0.15) is 17.2 Å². The molecule has 3 aromatic rings. The Morgan fingerprint density at radius 2 is 1.75 bits per heavy atom. The van der Waals surface area contributed by atoms with E-state index >= 15 is 0 Å². The molecular weight excluding hydrogens is 378 g/mol. The minimum atomic E-state index is -0.370. The fourth-order valence-corrected chi connectivity index (χ4v) is 2.85. The summed E-state index contributed by atoms with van der Waals surface area (Å²) in [5.74, 6) is 0.491. The van der Waals surface area contributed by atoms with E-state index in [4.69, 9.17) is 21.1 Å². The molecule has 2 aromatic carbocycles. The lowest BCUT2D eigenvalue weighted by Gasteiger charge is -2.13. The highest BCUT2D eigenvalue weighted by Crippen LogP contribution is 2.36. The molecule has 1 aromatic heterocycles. The number of hydrogen-bond donors (Lipinski definition) is 2. The molecule has 28 heavy (non-hydrogen) atoms. The zero-order valence-electron chi connectivity index (χ0n) is 15.7. The summed E-state index contributed by atoms with van der Waals surface area (Å²) in [5.41, 5.74) is 3.60. The number of halogens is 1. The standard InChI is InChI=1S/C21H20ClN3O3/c1-13-6-4-5-7-16(13)24-14-8-9-17(23-12-14)21(26)25-18-11-19(27-2)15(22)10-20(18)28-3/h4-12,24H,1-3H3,(H,25,26). The Labute approximate surface area is 168 Å². The molecule has 6 nitrogen and oxygen atoms in total. The van der Waals surface area contributed by atoms with Gasteiger partial charge >= 0.3 is 0 Å². The van der Waals surface area contributed by atoms with Crippen molar-refractivity contribution in [2.45, 2.75) is 6.92 Å². The first kappa shape index (κ1) is 19.5. The Hall–Kier alpha value is -3.25. The molecule has 0 spiro atoms. The van der Waals surface area contributed by atoms with E-state index in [1.165, 1.54) is 14.2 Å². The second kappa shape index (κ2) is 8.63. The van der Waals surface area contributed by atoms with Gasteiger partial charge in [0.05, 0.1) is 36.8 Å². The van der Waals surface area contributed by atoms with Gasteiger partial charge < -0.3 is 20.1 Å². The van der Waals surface area contributed by atoms with Gasteiger partial charge in [-0.15, -0.1) is 0 Å². The molecule has 0 saturated carbocycles. The van der Waals surface area contributed by atoms with Gasteiger partial charge in [-0.1, -0.05) is 29.8 Å². The fourth-order valence-electron chi connectivity index (χ4n) is 2.62. The van der Waals surface area contributed by atoms with E-state index in [9.17, 15) is 4.79 Å². The molecule has 0 unspecified atom stereocenters. The average molecular weight is 398 g/mol. The van der Waals surface area contributed by atoms with E-state index in [1.807, 2.05) is 31.2 Å². The van der Waals surface area contributed by atoms with Gasteiger partial charge in [-0.05, 0) is 30.7 Å². The van der Waals surface area contributed by atoms with Crippen LogP contribution >= 0.6 is 11.6 Å². The minimum absolute atomic E-state index is 0.270. The second-order valence-electron chi connectivity index (χ2n) is 6.01. The number of rotatable bonds is 6. The van der Waals surface area contributed by atoms with Crippen LogP contribution in [-0.2, 0) is 0 Å². The summed E-state index contributed by atoms with van der Waals surface area (Å²) in [7, 11) is 3.00. The highest BCUT2D eigenvalue weighted by molar-refractivity contribution is 6.32. The van der Waals surface area contributed by atoms with Crippen molar-refractivity contribution in [2.24, 2.45) is 0 Å². The molecule has 0 fully saturated rings. The largest absolute Gasteiger partial charge is 0.495 e. The number of pyridine rings is 1. The SMILES string of the molecule is COc1cc(NC(=O)c2ccc(Nc3ccccc3C)cn2)c(OC)cc1Cl. The van der Waals surface area contributed by atoms with Gasteiger partial charge in [0.25, 0.3) is 5.91 Å². The van der Waals surface area contributed by atoms with E-state index < -0.39 is 0 Å². The smallest absolute Gasteiger partial charge is 0.274 e. The van der Waals surface area contributed by atoms with Crippen molar-refractivity contribution >= 4 is 34.6 Å². The Bertz CT molecular complexity index is 991. The van der Waals surface area contributed by atoms with Crippen molar-refractivity contribution in [2.75, 3.05) is 24.9 Å². The average Bonchev–Trinajstić information content (AvgIpc) is 2.71. The third-order valence-corrected chi connectivity index (χ3v) is 4.44. The van der Waals surface area contributed by atoms with E-state index in [0.29, 0.717) is 22.2 Å². The van der Waals surface area contributed by atoms with E-state index in [1.54, 1.807) is 30.5 Å². The number of ether oxygens (including phenoxy) is 2.